The van der Waals surface area contributed by atoms with E-state index in [-0.39, 0.29) is 11.8 Å². The molecule has 0 spiro atoms. The molecule has 0 atom stereocenters. The molecule has 0 amide bonds. The molecular weight excluding hydrogens is 384 g/mol. The van der Waals surface area contributed by atoms with E-state index in [0.717, 1.165) is 28.9 Å². The molecule has 1 aromatic carbocycles. The molecule has 164 valence electrons. The van der Waals surface area contributed by atoms with Gasteiger partial charge in [0.15, 0.2) is 5.96 Å². The number of guanidine groups is 1. The molecule has 0 unspecified atom stereocenters. The van der Waals surface area contributed by atoms with Crippen molar-refractivity contribution in [3.8, 4) is 0 Å². The monoisotopic (exact) mass is 422 g/mol. The van der Waals surface area contributed by atoms with Gasteiger partial charge in [-0.3, -0.25) is 4.99 Å². The molecule has 0 saturated heterocycles. The van der Waals surface area contributed by atoms with Crippen molar-refractivity contribution in [2.75, 3.05) is 7.05 Å². The number of aliphatic imine (C=N–C) groups is 1. The Labute approximate surface area is 177 Å². The van der Waals surface area contributed by atoms with Crippen molar-refractivity contribution in [2.45, 2.75) is 77.8 Å². The molecule has 0 bridgehead atoms. The van der Waals surface area contributed by atoms with E-state index in [1.807, 2.05) is 38.1 Å². The highest BCUT2D eigenvalue weighted by Gasteiger charge is 2.23. The Morgan fingerprint density at radius 2 is 1.62 bits per heavy atom. The summed E-state index contributed by atoms with van der Waals surface area (Å²) in [6.07, 6.45) is 4.94. The first-order valence-electron chi connectivity index (χ1n) is 10.7. The molecule has 1 aliphatic rings. The minimum absolute atomic E-state index is 0.00115. The van der Waals surface area contributed by atoms with Crippen LogP contribution in [0.2, 0.25) is 0 Å². The van der Waals surface area contributed by atoms with Crippen molar-refractivity contribution in [1.82, 2.24) is 15.4 Å². The van der Waals surface area contributed by atoms with E-state index in [9.17, 15) is 8.42 Å². The Morgan fingerprint density at radius 1 is 1.03 bits per heavy atom. The lowest BCUT2D eigenvalue weighted by Crippen LogP contribution is -2.44. The standard InChI is InChI=1S/C22H38N4O2S/c1-16(2)20-10-12-21(13-11-20)25-22(23-5)24-14-18-6-8-19(9-7-18)15-29(27,28)26-17(3)4/h6-9,16-17,20-21,26H,10-15H2,1-5H3,(H2,23,24,25). The van der Waals surface area contributed by atoms with Gasteiger partial charge < -0.3 is 10.6 Å². The number of nitrogens with one attached hydrogen (secondary N) is 3. The zero-order chi connectivity index (χ0) is 21.4. The van der Waals surface area contributed by atoms with Crippen LogP contribution in [0.5, 0.6) is 0 Å². The van der Waals surface area contributed by atoms with Crippen LogP contribution in [0.1, 0.15) is 64.5 Å². The average Bonchev–Trinajstić information content (AvgIpc) is 2.65. The Balaban J connectivity index is 1.81. The summed E-state index contributed by atoms with van der Waals surface area (Å²) in [6.45, 7) is 8.94. The van der Waals surface area contributed by atoms with Crippen LogP contribution < -0.4 is 15.4 Å². The van der Waals surface area contributed by atoms with E-state index in [2.05, 4.69) is 34.2 Å². The fourth-order valence-electron chi connectivity index (χ4n) is 3.88. The lowest BCUT2D eigenvalue weighted by Gasteiger charge is -2.32. The fourth-order valence-corrected chi connectivity index (χ4v) is 5.31. The molecule has 1 aliphatic carbocycles. The Kier molecular flexibility index (Phi) is 8.96. The quantitative estimate of drug-likeness (QED) is 0.443. The second-order valence-electron chi connectivity index (χ2n) is 8.77. The topological polar surface area (TPSA) is 82.6 Å². The van der Waals surface area contributed by atoms with Crippen molar-refractivity contribution in [2.24, 2.45) is 16.8 Å². The number of benzene rings is 1. The van der Waals surface area contributed by atoms with E-state index >= 15 is 0 Å². The van der Waals surface area contributed by atoms with Crippen LogP contribution in [0.25, 0.3) is 0 Å². The number of hydrogen-bond donors (Lipinski definition) is 3. The van der Waals surface area contributed by atoms with Crippen molar-refractivity contribution < 1.29 is 8.42 Å². The molecule has 6 nitrogen and oxygen atoms in total. The molecule has 3 N–H and O–H groups in total. The fraction of sp³-hybridized carbons (Fsp3) is 0.682. The lowest BCUT2D eigenvalue weighted by molar-refractivity contribution is 0.250. The SMILES string of the molecule is CN=C(NCc1ccc(CS(=O)(=O)NC(C)C)cc1)NC1CCC(C(C)C)CC1. The molecule has 1 fully saturated rings. The molecule has 29 heavy (non-hydrogen) atoms. The maximum Gasteiger partial charge on any atom is 0.216 e. The number of nitrogens with zero attached hydrogens (tertiary/aromatic N) is 1. The summed E-state index contributed by atoms with van der Waals surface area (Å²) >= 11 is 0. The first-order valence-corrected chi connectivity index (χ1v) is 12.4. The zero-order valence-corrected chi connectivity index (χ0v) is 19.3. The van der Waals surface area contributed by atoms with Crippen LogP contribution in [0.4, 0.5) is 0 Å². The highest BCUT2D eigenvalue weighted by molar-refractivity contribution is 7.88. The van der Waals surface area contributed by atoms with E-state index in [0.29, 0.717) is 12.6 Å². The van der Waals surface area contributed by atoms with Crippen LogP contribution in [0, 0.1) is 11.8 Å². The minimum Gasteiger partial charge on any atom is -0.354 e. The van der Waals surface area contributed by atoms with Crippen LogP contribution in [-0.2, 0) is 22.3 Å². The van der Waals surface area contributed by atoms with Gasteiger partial charge in [-0.05, 0) is 62.5 Å². The molecule has 2 rings (SSSR count). The summed E-state index contributed by atoms with van der Waals surface area (Å²) in [5.74, 6) is 2.45. The maximum atomic E-state index is 12.0. The van der Waals surface area contributed by atoms with Crippen LogP contribution in [0.15, 0.2) is 29.3 Å². The Morgan fingerprint density at radius 3 is 2.14 bits per heavy atom. The third kappa shape index (κ3) is 8.34. The normalized spacial score (nSPS) is 20.9. The molecule has 1 saturated carbocycles. The van der Waals surface area contributed by atoms with Crippen LogP contribution in [0.3, 0.4) is 0 Å². The predicted octanol–water partition coefficient (Wildman–Crippen LogP) is 3.39. The second kappa shape index (κ2) is 11.0. The molecule has 1 aromatic rings. The smallest absolute Gasteiger partial charge is 0.216 e. The first-order chi connectivity index (χ1) is 13.7. The second-order valence-corrected chi connectivity index (χ2v) is 10.5. The van der Waals surface area contributed by atoms with Gasteiger partial charge in [0.25, 0.3) is 0 Å². The average molecular weight is 423 g/mol. The lowest BCUT2D eigenvalue weighted by atomic mass is 9.80. The maximum absolute atomic E-state index is 12.0. The van der Waals surface area contributed by atoms with Gasteiger partial charge in [0.2, 0.25) is 10.0 Å². The van der Waals surface area contributed by atoms with Gasteiger partial charge in [0.1, 0.15) is 0 Å². The molecule has 7 heteroatoms. The molecule has 0 radical (unpaired) electrons. The summed E-state index contributed by atoms with van der Waals surface area (Å²) in [6, 6.07) is 8.07. The van der Waals surface area contributed by atoms with Crippen molar-refractivity contribution in [1.29, 1.82) is 0 Å². The Bertz CT molecular complexity index is 750. The van der Waals surface area contributed by atoms with Crippen molar-refractivity contribution >= 4 is 16.0 Å². The summed E-state index contributed by atoms with van der Waals surface area (Å²) in [7, 11) is -1.50. The molecular formula is C22H38N4O2S. The number of rotatable bonds is 8. The summed E-state index contributed by atoms with van der Waals surface area (Å²) in [4.78, 5) is 4.35. The summed E-state index contributed by atoms with van der Waals surface area (Å²) < 4.78 is 26.7. The summed E-state index contributed by atoms with van der Waals surface area (Å²) in [5, 5.41) is 6.92. The van der Waals surface area contributed by atoms with E-state index in [4.69, 9.17) is 0 Å². The van der Waals surface area contributed by atoms with Gasteiger partial charge in [-0.2, -0.15) is 0 Å². The van der Waals surface area contributed by atoms with Gasteiger partial charge >= 0.3 is 0 Å². The van der Waals surface area contributed by atoms with Crippen molar-refractivity contribution in [3.63, 3.8) is 0 Å². The van der Waals surface area contributed by atoms with Gasteiger partial charge in [-0.15, -0.1) is 0 Å². The van der Waals surface area contributed by atoms with Gasteiger partial charge in [-0.1, -0.05) is 38.1 Å². The van der Waals surface area contributed by atoms with E-state index in [1.165, 1.54) is 25.7 Å². The van der Waals surface area contributed by atoms with Crippen LogP contribution >= 0.6 is 0 Å². The van der Waals surface area contributed by atoms with Gasteiger partial charge in [0, 0.05) is 25.7 Å². The highest BCUT2D eigenvalue weighted by Crippen LogP contribution is 2.29. The van der Waals surface area contributed by atoms with Crippen LogP contribution in [-0.4, -0.2) is 33.5 Å². The number of hydrogen-bond acceptors (Lipinski definition) is 3. The highest BCUT2D eigenvalue weighted by atomic mass is 32.2. The third-order valence-corrected chi connectivity index (χ3v) is 7.08. The zero-order valence-electron chi connectivity index (χ0n) is 18.5. The number of sulfonamides is 1. The van der Waals surface area contributed by atoms with E-state index in [1.54, 1.807) is 7.05 Å². The molecule has 0 aromatic heterocycles. The summed E-state index contributed by atoms with van der Waals surface area (Å²) in [5.41, 5.74) is 1.88. The molecule has 0 heterocycles. The largest absolute Gasteiger partial charge is 0.354 e. The van der Waals surface area contributed by atoms with Crippen molar-refractivity contribution in [3.05, 3.63) is 35.4 Å². The van der Waals surface area contributed by atoms with Gasteiger partial charge in [-0.25, -0.2) is 13.1 Å². The molecule has 0 aliphatic heterocycles. The third-order valence-electron chi connectivity index (χ3n) is 5.53. The first kappa shape index (κ1) is 23.7. The van der Waals surface area contributed by atoms with E-state index < -0.39 is 10.0 Å². The Hall–Kier alpha value is -1.60. The predicted molar refractivity (Wildman–Crippen MR) is 121 cm³/mol. The minimum atomic E-state index is -3.30. The van der Waals surface area contributed by atoms with Gasteiger partial charge in [0.05, 0.1) is 5.75 Å².